The van der Waals surface area contributed by atoms with E-state index in [9.17, 15) is 4.39 Å². The number of piperidine rings is 1. The van der Waals surface area contributed by atoms with Crippen molar-refractivity contribution in [3.63, 3.8) is 0 Å². The molecule has 0 atom stereocenters. The lowest BCUT2D eigenvalue weighted by molar-refractivity contribution is 0.410. The predicted octanol–water partition coefficient (Wildman–Crippen LogP) is 2.00. The highest BCUT2D eigenvalue weighted by molar-refractivity contribution is 5.57. The molecular formula is C12H17FN2O. The van der Waals surface area contributed by atoms with Gasteiger partial charge in [-0.3, -0.25) is 0 Å². The van der Waals surface area contributed by atoms with Crippen LogP contribution >= 0.6 is 0 Å². The van der Waals surface area contributed by atoms with E-state index in [4.69, 9.17) is 4.74 Å². The first-order valence-corrected chi connectivity index (χ1v) is 5.60. The Morgan fingerprint density at radius 3 is 2.81 bits per heavy atom. The largest absolute Gasteiger partial charge is 0.494 e. The van der Waals surface area contributed by atoms with Crippen molar-refractivity contribution in [2.45, 2.75) is 18.9 Å². The standard InChI is InChI=1S/C12H17FN2O/c1-16-12-8-9(13)2-3-11(12)15-10-4-6-14-7-5-10/h2-3,8,10,14-15H,4-7H2,1H3. The second-order valence-electron chi connectivity index (χ2n) is 4.01. The van der Waals surface area contributed by atoms with Crippen molar-refractivity contribution in [3.05, 3.63) is 24.0 Å². The molecule has 0 aliphatic carbocycles. The smallest absolute Gasteiger partial charge is 0.144 e. The van der Waals surface area contributed by atoms with Gasteiger partial charge in [0.25, 0.3) is 0 Å². The van der Waals surface area contributed by atoms with Crippen molar-refractivity contribution in [1.29, 1.82) is 0 Å². The van der Waals surface area contributed by atoms with Crippen molar-refractivity contribution in [2.24, 2.45) is 0 Å². The minimum absolute atomic E-state index is 0.271. The van der Waals surface area contributed by atoms with Gasteiger partial charge in [-0.2, -0.15) is 0 Å². The highest BCUT2D eigenvalue weighted by Gasteiger charge is 2.14. The Labute approximate surface area is 95.0 Å². The molecule has 16 heavy (non-hydrogen) atoms. The van der Waals surface area contributed by atoms with Crippen molar-refractivity contribution >= 4 is 5.69 Å². The number of hydrogen-bond acceptors (Lipinski definition) is 3. The minimum atomic E-state index is -0.271. The maximum absolute atomic E-state index is 13.0. The summed E-state index contributed by atoms with van der Waals surface area (Å²) in [6.07, 6.45) is 2.17. The number of ether oxygens (including phenoxy) is 1. The van der Waals surface area contributed by atoms with Gasteiger partial charge < -0.3 is 15.4 Å². The van der Waals surface area contributed by atoms with Crippen molar-refractivity contribution in [2.75, 3.05) is 25.5 Å². The van der Waals surface area contributed by atoms with Crippen LogP contribution < -0.4 is 15.4 Å². The predicted molar refractivity (Wildman–Crippen MR) is 62.5 cm³/mol. The fraction of sp³-hybridized carbons (Fsp3) is 0.500. The molecule has 0 spiro atoms. The van der Waals surface area contributed by atoms with Crippen LogP contribution in [0.2, 0.25) is 0 Å². The molecule has 1 aromatic rings. The Morgan fingerprint density at radius 1 is 1.38 bits per heavy atom. The van der Waals surface area contributed by atoms with Gasteiger partial charge >= 0.3 is 0 Å². The zero-order valence-corrected chi connectivity index (χ0v) is 9.42. The molecule has 0 aromatic heterocycles. The summed E-state index contributed by atoms with van der Waals surface area (Å²) in [6.45, 7) is 2.06. The molecule has 2 N–H and O–H groups in total. The van der Waals surface area contributed by atoms with Crippen LogP contribution in [0.15, 0.2) is 18.2 Å². The highest BCUT2D eigenvalue weighted by Crippen LogP contribution is 2.26. The number of nitrogens with one attached hydrogen (secondary N) is 2. The average Bonchev–Trinajstić information content (AvgIpc) is 2.33. The molecule has 0 radical (unpaired) electrons. The molecule has 88 valence electrons. The fourth-order valence-electron chi connectivity index (χ4n) is 1.97. The van der Waals surface area contributed by atoms with Gasteiger partial charge in [-0.1, -0.05) is 0 Å². The summed E-state index contributed by atoms with van der Waals surface area (Å²) in [5, 5.41) is 6.70. The van der Waals surface area contributed by atoms with Crippen molar-refractivity contribution in [3.8, 4) is 5.75 Å². The Balaban J connectivity index is 2.07. The van der Waals surface area contributed by atoms with Crippen molar-refractivity contribution in [1.82, 2.24) is 5.32 Å². The van der Waals surface area contributed by atoms with Gasteiger partial charge in [0.2, 0.25) is 0 Å². The van der Waals surface area contributed by atoms with Gasteiger partial charge in [0, 0.05) is 12.1 Å². The van der Waals surface area contributed by atoms with E-state index in [1.54, 1.807) is 13.2 Å². The van der Waals surface area contributed by atoms with Crippen LogP contribution in [0.3, 0.4) is 0 Å². The molecule has 0 unspecified atom stereocenters. The van der Waals surface area contributed by atoms with Gasteiger partial charge in [-0.25, -0.2) is 4.39 Å². The SMILES string of the molecule is COc1cc(F)ccc1NC1CCNCC1. The van der Waals surface area contributed by atoms with E-state index >= 15 is 0 Å². The first-order valence-electron chi connectivity index (χ1n) is 5.60. The van der Waals surface area contributed by atoms with E-state index in [0.29, 0.717) is 11.8 Å². The molecule has 1 saturated heterocycles. The van der Waals surface area contributed by atoms with Crippen LogP contribution in [-0.4, -0.2) is 26.2 Å². The number of halogens is 1. The van der Waals surface area contributed by atoms with Crippen molar-refractivity contribution < 1.29 is 9.13 Å². The number of anilines is 1. The molecular weight excluding hydrogens is 207 g/mol. The Kier molecular flexibility index (Phi) is 3.62. The van der Waals surface area contributed by atoms with E-state index in [1.165, 1.54) is 12.1 Å². The summed E-state index contributed by atoms with van der Waals surface area (Å²) in [4.78, 5) is 0. The van der Waals surface area contributed by atoms with Gasteiger partial charge in [0.05, 0.1) is 12.8 Å². The molecule has 2 rings (SSSR count). The second kappa shape index (κ2) is 5.16. The zero-order chi connectivity index (χ0) is 11.4. The third kappa shape index (κ3) is 2.64. The second-order valence-corrected chi connectivity index (χ2v) is 4.01. The lowest BCUT2D eigenvalue weighted by atomic mass is 10.1. The van der Waals surface area contributed by atoms with Gasteiger partial charge in [0.1, 0.15) is 11.6 Å². The molecule has 0 amide bonds. The van der Waals surface area contributed by atoms with Crippen LogP contribution in [0.4, 0.5) is 10.1 Å². The maximum Gasteiger partial charge on any atom is 0.144 e. The minimum Gasteiger partial charge on any atom is -0.494 e. The first-order chi connectivity index (χ1) is 7.79. The van der Waals surface area contributed by atoms with Crippen LogP contribution in [-0.2, 0) is 0 Å². The molecule has 1 fully saturated rings. The summed E-state index contributed by atoms with van der Waals surface area (Å²) in [7, 11) is 1.56. The summed E-state index contributed by atoms with van der Waals surface area (Å²) in [6, 6.07) is 5.03. The van der Waals surface area contributed by atoms with E-state index in [-0.39, 0.29) is 5.82 Å². The lowest BCUT2D eigenvalue weighted by Crippen LogP contribution is -2.35. The van der Waals surface area contributed by atoms with Gasteiger partial charge in [-0.15, -0.1) is 0 Å². The number of hydrogen-bond donors (Lipinski definition) is 2. The monoisotopic (exact) mass is 224 g/mol. The molecule has 1 aliphatic rings. The van der Waals surface area contributed by atoms with E-state index < -0.39 is 0 Å². The van der Waals surface area contributed by atoms with E-state index in [2.05, 4.69) is 10.6 Å². The Hall–Kier alpha value is -1.29. The number of methoxy groups -OCH3 is 1. The topological polar surface area (TPSA) is 33.3 Å². The number of benzene rings is 1. The maximum atomic E-state index is 13.0. The molecule has 0 bridgehead atoms. The molecule has 1 heterocycles. The summed E-state index contributed by atoms with van der Waals surface area (Å²) >= 11 is 0. The summed E-state index contributed by atoms with van der Waals surface area (Å²) < 4.78 is 18.1. The molecule has 0 saturated carbocycles. The molecule has 4 heteroatoms. The quantitative estimate of drug-likeness (QED) is 0.824. The van der Waals surface area contributed by atoms with Crippen LogP contribution in [0.5, 0.6) is 5.75 Å². The van der Waals surface area contributed by atoms with E-state index in [1.807, 2.05) is 0 Å². The first kappa shape index (κ1) is 11.2. The van der Waals surface area contributed by atoms with Crippen LogP contribution in [0.1, 0.15) is 12.8 Å². The van der Waals surface area contributed by atoms with Crippen LogP contribution in [0, 0.1) is 5.82 Å². The average molecular weight is 224 g/mol. The Morgan fingerprint density at radius 2 is 2.12 bits per heavy atom. The fourth-order valence-corrected chi connectivity index (χ4v) is 1.97. The highest BCUT2D eigenvalue weighted by atomic mass is 19.1. The summed E-state index contributed by atoms with van der Waals surface area (Å²) in [5.41, 5.74) is 0.871. The van der Waals surface area contributed by atoms with E-state index in [0.717, 1.165) is 31.6 Å². The molecule has 3 nitrogen and oxygen atoms in total. The number of rotatable bonds is 3. The normalized spacial score (nSPS) is 17.1. The third-order valence-electron chi connectivity index (χ3n) is 2.86. The third-order valence-corrected chi connectivity index (χ3v) is 2.86. The van der Waals surface area contributed by atoms with Gasteiger partial charge in [-0.05, 0) is 38.1 Å². The molecule has 1 aromatic carbocycles. The van der Waals surface area contributed by atoms with Crippen LogP contribution in [0.25, 0.3) is 0 Å². The zero-order valence-electron chi connectivity index (χ0n) is 9.42. The van der Waals surface area contributed by atoms with Gasteiger partial charge in [0.15, 0.2) is 0 Å². The Bertz CT molecular complexity index is 351. The summed E-state index contributed by atoms with van der Waals surface area (Å²) in [5.74, 6) is 0.297. The lowest BCUT2D eigenvalue weighted by Gasteiger charge is -2.25. The molecule has 1 aliphatic heterocycles.